The van der Waals surface area contributed by atoms with Gasteiger partial charge in [-0.3, -0.25) is 9.59 Å². The highest BCUT2D eigenvalue weighted by molar-refractivity contribution is 8.01. The fourth-order valence-electron chi connectivity index (χ4n) is 4.30. The molecule has 0 unspecified atom stereocenters. The van der Waals surface area contributed by atoms with E-state index in [4.69, 9.17) is 4.98 Å². The second-order valence-corrected chi connectivity index (χ2v) is 12.4. The summed E-state index contributed by atoms with van der Waals surface area (Å²) >= 11 is 4.46. The first kappa shape index (κ1) is 26.2. The summed E-state index contributed by atoms with van der Waals surface area (Å²) in [6.45, 7) is 2.08. The molecule has 0 fully saturated rings. The normalized spacial score (nSPS) is 11.1. The van der Waals surface area contributed by atoms with Crippen LogP contribution in [-0.2, 0) is 16.0 Å². The van der Waals surface area contributed by atoms with Crippen LogP contribution in [0.2, 0.25) is 0 Å². The van der Waals surface area contributed by atoms with Gasteiger partial charge in [-0.15, -0.1) is 22.7 Å². The number of thiazole rings is 2. The Morgan fingerprint density at radius 3 is 2.58 bits per heavy atom. The number of anilines is 2. The lowest BCUT2D eigenvalue weighted by Crippen LogP contribution is -2.15. The van der Waals surface area contributed by atoms with Crippen molar-refractivity contribution in [2.24, 2.45) is 0 Å². The van der Waals surface area contributed by atoms with E-state index >= 15 is 0 Å². The molecule has 2 aromatic heterocycles. The highest BCUT2D eigenvalue weighted by Crippen LogP contribution is 2.31. The number of hydrogen-bond acceptors (Lipinski definition) is 7. The Hall–Kier alpha value is -4.05. The second kappa shape index (κ2) is 11.6. The minimum atomic E-state index is -0.140. The summed E-state index contributed by atoms with van der Waals surface area (Å²) in [5.74, 6) is 0.00205. The number of rotatable bonds is 8. The minimum absolute atomic E-state index is 0.0970. The van der Waals surface area contributed by atoms with E-state index in [1.165, 1.54) is 33.4 Å². The Morgan fingerprint density at radius 2 is 1.70 bits per heavy atom. The summed E-state index contributed by atoms with van der Waals surface area (Å²) in [5, 5.41) is 10.8. The topological polar surface area (TPSA) is 84.0 Å². The first-order valence-electron chi connectivity index (χ1n) is 12.6. The highest BCUT2D eigenvalue weighted by atomic mass is 32.2. The van der Waals surface area contributed by atoms with E-state index in [1.54, 1.807) is 11.3 Å². The van der Waals surface area contributed by atoms with Crippen LogP contribution in [0.4, 0.5) is 11.4 Å². The minimum Gasteiger partial charge on any atom is -0.326 e. The van der Waals surface area contributed by atoms with Gasteiger partial charge < -0.3 is 10.6 Å². The highest BCUT2D eigenvalue weighted by Gasteiger charge is 2.12. The Kier molecular flexibility index (Phi) is 7.59. The molecular formula is C31H24N4O2S3. The molecule has 0 aliphatic heterocycles. The molecule has 6 nitrogen and oxygen atoms in total. The molecule has 2 heterocycles. The van der Waals surface area contributed by atoms with E-state index < -0.39 is 0 Å². The molecular weight excluding hydrogens is 557 g/mol. The smallest absolute Gasteiger partial charge is 0.234 e. The van der Waals surface area contributed by atoms with Crippen LogP contribution in [0.3, 0.4) is 0 Å². The molecule has 0 spiro atoms. The second-order valence-electron chi connectivity index (χ2n) is 9.26. The van der Waals surface area contributed by atoms with Crippen molar-refractivity contribution in [3.8, 4) is 10.6 Å². The number of fused-ring (bicyclic) bond motifs is 2. The van der Waals surface area contributed by atoms with E-state index in [1.807, 2.05) is 78.2 Å². The lowest BCUT2D eigenvalue weighted by molar-refractivity contribution is -0.116. The predicted octanol–water partition coefficient (Wildman–Crippen LogP) is 7.79. The fourth-order valence-corrected chi connectivity index (χ4v) is 7.02. The molecule has 2 amide bonds. The third-order valence-electron chi connectivity index (χ3n) is 6.22. The van der Waals surface area contributed by atoms with Crippen molar-refractivity contribution in [1.82, 2.24) is 9.97 Å². The molecule has 6 rings (SSSR count). The van der Waals surface area contributed by atoms with Gasteiger partial charge in [0.25, 0.3) is 0 Å². The molecule has 0 bridgehead atoms. The number of aromatic nitrogens is 2. The zero-order valence-electron chi connectivity index (χ0n) is 21.5. The summed E-state index contributed by atoms with van der Waals surface area (Å²) in [6.07, 6.45) is 0.165. The summed E-state index contributed by atoms with van der Waals surface area (Å²) in [6, 6.07) is 27.8. The number of amides is 2. The molecule has 0 radical (unpaired) electrons. The van der Waals surface area contributed by atoms with E-state index in [9.17, 15) is 9.59 Å². The summed E-state index contributed by atoms with van der Waals surface area (Å²) in [5.41, 5.74) is 5.43. The average molecular weight is 581 g/mol. The van der Waals surface area contributed by atoms with E-state index in [-0.39, 0.29) is 24.0 Å². The maximum Gasteiger partial charge on any atom is 0.234 e. The largest absolute Gasteiger partial charge is 0.326 e. The van der Waals surface area contributed by atoms with Gasteiger partial charge >= 0.3 is 0 Å². The zero-order valence-corrected chi connectivity index (χ0v) is 24.0. The fraction of sp³-hybridized carbons (Fsp3) is 0.0968. The molecule has 0 saturated carbocycles. The average Bonchev–Trinajstić information content (AvgIpc) is 3.59. The molecule has 0 aliphatic carbocycles. The van der Waals surface area contributed by atoms with E-state index in [0.717, 1.165) is 42.6 Å². The van der Waals surface area contributed by atoms with Crippen LogP contribution in [0.5, 0.6) is 0 Å². The number of benzene rings is 4. The zero-order chi connectivity index (χ0) is 27.5. The Bertz CT molecular complexity index is 1840. The number of aryl methyl sites for hydroxylation is 1. The third-order valence-corrected chi connectivity index (χ3v) is 9.36. The monoisotopic (exact) mass is 580 g/mol. The van der Waals surface area contributed by atoms with Crippen LogP contribution in [0.1, 0.15) is 11.3 Å². The number of nitrogens with zero attached hydrogens (tertiary/aromatic N) is 2. The number of thioether (sulfide) groups is 1. The number of hydrogen-bond donors (Lipinski definition) is 2. The lowest BCUT2D eigenvalue weighted by Gasteiger charge is -2.08. The molecule has 2 N–H and O–H groups in total. The van der Waals surface area contributed by atoms with Gasteiger partial charge in [0.05, 0.1) is 28.1 Å². The third kappa shape index (κ3) is 6.07. The van der Waals surface area contributed by atoms with Gasteiger partial charge in [0, 0.05) is 27.7 Å². The van der Waals surface area contributed by atoms with Crippen molar-refractivity contribution in [3.63, 3.8) is 0 Å². The molecule has 40 heavy (non-hydrogen) atoms. The van der Waals surface area contributed by atoms with Crippen molar-refractivity contribution in [2.45, 2.75) is 17.7 Å². The predicted molar refractivity (Wildman–Crippen MR) is 168 cm³/mol. The number of nitrogens with one attached hydrogen (secondary N) is 2. The molecule has 4 aromatic carbocycles. The van der Waals surface area contributed by atoms with Crippen molar-refractivity contribution in [3.05, 3.63) is 102 Å². The van der Waals surface area contributed by atoms with Crippen molar-refractivity contribution < 1.29 is 9.59 Å². The van der Waals surface area contributed by atoms with Gasteiger partial charge in [0.15, 0.2) is 4.34 Å². The molecule has 9 heteroatoms. The standard InChI is InChI=1S/C31H24N4O2S3/c1-19-9-14-26-27(15-19)40-30(35-26)21-10-12-22(13-11-21)32-28(36)16-23-17-38-31(33-23)39-18-29(37)34-25-8-4-6-20-5-2-3-7-24(20)25/h2-15,17H,16,18H2,1H3,(H,32,36)(H,34,37). The SMILES string of the molecule is Cc1ccc2nc(-c3ccc(NC(=O)Cc4csc(SCC(=O)Nc5cccc6ccccc56)n4)cc3)sc2c1. The van der Waals surface area contributed by atoms with Crippen LogP contribution >= 0.6 is 34.4 Å². The molecule has 198 valence electrons. The van der Waals surface area contributed by atoms with Gasteiger partial charge in [-0.1, -0.05) is 54.2 Å². The van der Waals surface area contributed by atoms with Gasteiger partial charge in [-0.05, 0) is 60.3 Å². The van der Waals surface area contributed by atoms with Gasteiger partial charge in [0.2, 0.25) is 11.8 Å². The maximum atomic E-state index is 12.6. The van der Waals surface area contributed by atoms with Crippen LogP contribution in [0, 0.1) is 6.92 Å². The quantitative estimate of drug-likeness (QED) is 0.180. The summed E-state index contributed by atoms with van der Waals surface area (Å²) in [7, 11) is 0. The van der Waals surface area contributed by atoms with Crippen molar-refractivity contribution in [2.75, 3.05) is 16.4 Å². The Balaban J connectivity index is 1.01. The molecule has 0 aliphatic rings. The van der Waals surface area contributed by atoms with E-state index in [0.29, 0.717) is 5.69 Å². The first-order chi connectivity index (χ1) is 19.5. The van der Waals surface area contributed by atoms with Crippen LogP contribution in [0.15, 0.2) is 94.6 Å². The van der Waals surface area contributed by atoms with E-state index in [2.05, 4.69) is 34.7 Å². The lowest BCUT2D eigenvalue weighted by atomic mass is 10.1. The van der Waals surface area contributed by atoms with Gasteiger partial charge in [0.1, 0.15) is 5.01 Å². The van der Waals surface area contributed by atoms with Crippen LogP contribution < -0.4 is 10.6 Å². The summed E-state index contributed by atoms with van der Waals surface area (Å²) < 4.78 is 1.92. The van der Waals surface area contributed by atoms with Gasteiger partial charge in [-0.2, -0.15) is 0 Å². The maximum absolute atomic E-state index is 12.6. The van der Waals surface area contributed by atoms with Crippen LogP contribution in [0.25, 0.3) is 31.6 Å². The van der Waals surface area contributed by atoms with Crippen molar-refractivity contribution in [1.29, 1.82) is 0 Å². The first-order valence-corrected chi connectivity index (χ1v) is 15.3. The number of carbonyl (C=O) groups is 2. The van der Waals surface area contributed by atoms with Crippen LogP contribution in [-0.4, -0.2) is 27.5 Å². The Labute approximate surface area is 243 Å². The molecule has 0 atom stereocenters. The molecule has 0 saturated heterocycles. The summed E-state index contributed by atoms with van der Waals surface area (Å²) in [4.78, 5) is 34.5. The molecule has 6 aromatic rings. The Morgan fingerprint density at radius 1 is 0.875 bits per heavy atom. The van der Waals surface area contributed by atoms with Gasteiger partial charge in [-0.25, -0.2) is 9.97 Å². The van der Waals surface area contributed by atoms with Crippen molar-refractivity contribution >= 4 is 78.6 Å². The number of carbonyl (C=O) groups excluding carboxylic acids is 2.